The number of allylic oxidation sites excluding steroid dienone is 1. The van der Waals surface area contributed by atoms with Crippen LogP contribution >= 0.6 is 0 Å². The lowest BCUT2D eigenvalue weighted by atomic mass is 10.0. The molecule has 126 valence electrons. The van der Waals surface area contributed by atoms with Crippen molar-refractivity contribution in [3.8, 4) is 0 Å². The second-order valence-corrected chi connectivity index (χ2v) is 6.12. The Bertz CT molecular complexity index is 261. The maximum absolute atomic E-state index is 3.75. The van der Waals surface area contributed by atoms with Gasteiger partial charge in [0.25, 0.3) is 0 Å². The quantitative estimate of drug-likeness (QED) is 0.256. The summed E-state index contributed by atoms with van der Waals surface area (Å²) in [7, 11) is 0. The average molecular weight is 303 g/mol. The van der Waals surface area contributed by atoms with E-state index in [2.05, 4.69) is 13.5 Å². The number of hydrogen-bond acceptors (Lipinski definition) is 0. The standard InChI is InChI=1S/C16H32.C6H6/c1-3-5-7-9-11-13-15-16-14-12-10-8-6-4-2;1-2-4-6-5-3-1/h3H,1,4-16H2,2H3;1-6H. The van der Waals surface area contributed by atoms with Crippen LogP contribution in [0, 0.1) is 0 Å². The van der Waals surface area contributed by atoms with Crippen LogP contribution in [-0.2, 0) is 0 Å². The zero-order valence-electron chi connectivity index (χ0n) is 14.9. The number of benzene rings is 1. The van der Waals surface area contributed by atoms with Crippen LogP contribution in [0.3, 0.4) is 0 Å². The van der Waals surface area contributed by atoms with Crippen molar-refractivity contribution in [3.05, 3.63) is 49.1 Å². The molecule has 0 spiro atoms. The highest BCUT2D eigenvalue weighted by Gasteiger charge is 1.92. The Morgan fingerprint density at radius 1 is 0.545 bits per heavy atom. The minimum atomic E-state index is 1.21. The molecule has 0 amide bonds. The van der Waals surface area contributed by atoms with Gasteiger partial charge in [-0.05, 0) is 12.8 Å². The molecule has 0 bridgehead atoms. The summed E-state index contributed by atoms with van der Waals surface area (Å²) in [5.41, 5.74) is 0. The summed E-state index contributed by atoms with van der Waals surface area (Å²) in [5.74, 6) is 0. The van der Waals surface area contributed by atoms with E-state index in [1.807, 2.05) is 42.5 Å². The van der Waals surface area contributed by atoms with Gasteiger partial charge in [-0.2, -0.15) is 0 Å². The minimum Gasteiger partial charge on any atom is -0.103 e. The lowest BCUT2D eigenvalue weighted by molar-refractivity contribution is 0.545. The largest absolute Gasteiger partial charge is 0.103 e. The fraction of sp³-hybridized carbons (Fsp3) is 0.636. The molecule has 0 unspecified atom stereocenters. The second-order valence-electron chi connectivity index (χ2n) is 6.12. The van der Waals surface area contributed by atoms with Gasteiger partial charge in [-0.1, -0.05) is 120 Å². The van der Waals surface area contributed by atoms with Crippen LogP contribution in [-0.4, -0.2) is 0 Å². The monoisotopic (exact) mass is 302 g/mol. The highest BCUT2D eigenvalue weighted by Crippen LogP contribution is 2.12. The molecule has 0 aliphatic carbocycles. The first-order valence-corrected chi connectivity index (χ1v) is 9.52. The molecule has 0 aliphatic heterocycles. The van der Waals surface area contributed by atoms with Gasteiger partial charge in [0.15, 0.2) is 0 Å². The van der Waals surface area contributed by atoms with Crippen LogP contribution in [0.1, 0.15) is 90.4 Å². The van der Waals surface area contributed by atoms with Gasteiger partial charge < -0.3 is 0 Å². The molecule has 1 rings (SSSR count). The topological polar surface area (TPSA) is 0 Å². The Morgan fingerprint density at radius 2 is 0.864 bits per heavy atom. The summed E-state index contributed by atoms with van der Waals surface area (Å²) in [6.07, 6.45) is 20.5. The van der Waals surface area contributed by atoms with Gasteiger partial charge in [0.2, 0.25) is 0 Å². The van der Waals surface area contributed by atoms with Crippen molar-refractivity contribution in [2.75, 3.05) is 0 Å². The number of hydrogen-bond donors (Lipinski definition) is 0. The van der Waals surface area contributed by atoms with Gasteiger partial charge in [0, 0.05) is 0 Å². The van der Waals surface area contributed by atoms with E-state index in [-0.39, 0.29) is 0 Å². The van der Waals surface area contributed by atoms with Crippen LogP contribution in [0.15, 0.2) is 49.1 Å². The first-order chi connectivity index (χ1) is 10.9. The predicted molar refractivity (Wildman–Crippen MR) is 102 cm³/mol. The molecule has 0 aliphatic rings. The van der Waals surface area contributed by atoms with Gasteiger partial charge in [0.1, 0.15) is 0 Å². The zero-order chi connectivity index (χ0) is 16.1. The third-order valence-electron chi connectivity index (χ3n) is 3.93. The molecule has 0 atom stereocenters. The van der Waals surface area contributed by atoms with E-state index in [0.717, 1.165) is 0 Å². The van der Waals surface area contributed by atoms with E-state index < -0.39 is 0 Å². The number of rotatable bonds is 13. The van der Waals surface area contributed by atoms with E-state index >= 15 is 0 Å². The predicted octanol–water partition coefficient (Wildman–Crippen LogP) is 7.95. The van der Waals surface area contributed by atoms with Gasteiger partial charge in [0.05, 0.1) is 0 Å². The van der Waals surface area contributed by atoms with Crippen molar-refractivity contribution in [2.45, 2.75) is 90.4 Å². The normalized spacial score (nSPS) is 9.86. The molecule has 22 heavy (non-hydrogen) atoms. The van der Waals surface area contributed by atoms with E-state index in [1.54, 1.807) is 0 Å². The second kappa shape index (κ2) is 20.0. The Labute approximate surface area is 140 Å². The van der Waals surface area contributed by atoms with Crippen LogP contribution in [0.5, 0.6) is 0 Å². The summed E-state index contributed by atoms with van der Waals surface area (Å²) >= 11 is 0. The van der Waals surface area contributed by atoms with Crippen molar-refractivity contribution in [1.29, 1.82) is 0 Å². The van der Waals surface area contributed by atoms with Crippen molar-refractivity contribution >= 4 is 0 Å². The van der Waals surface area contributed by atoms with Crippen LogP contribution in [0.25, 0.3) is 0 Å². The SMILES string of the molecule is C=CCCCCCCCCCCCCCC.c1ccccc1. The molecule has 0 radical (unpaired) electrons. The first-order valence-electron chi connectivity index (χ1n) is 9.52. The summed E-state index contributed by atoms with van der Waals surface area (Å²) in [6.45, 7) is 6.03. The van der Waals surface area contributed by atoms with Gasteiger partial charge >= 0.3 is 0 Å². The van der Waals surface area contributed by atoms with Crippen molar-refractivity contribution in [1.82, 2.24) is 0 Å². The Kier molecular flexibility index (Phi) is 19.0. The first kappa shape index (κ1) is 21.0. The smallest absolute Gasteiger partial charge is 0.0353 e. The third kappa shape index (κ3) is 19.0. The summed E-state index contributed by atoms with van der Waals surface area (Å²) in [4.78, 5) is 0. The van der Waals surface area contributed by atoms with E-state index in [4.69, 9.17) is 0 Å². The summed E-state index contributed by atoms with van der Waals surface area (Å²) in [5, 5.41) is 0. The molecule has 1 aromatic carbocycles. The van der Waals surface area contributed by atoms with Gasteiger partial charge in [-0.15, -0.1) is 6.58 Å². The van der Waals surface area contributed by atoms with Crippen molar-refractivity contribution < 1.29 is 0 Å². The van der Waals surface area contributed by atoms with Gasteiger partial charge in [-0.3, -0.25) is 0 Å². The fourth-order valence-electron chi connectivity index (χ4n) is 2.51. The maximum Gasteiger partial charge on any atom is -0.0353 e. The third-order valence-corrected chi connectivity index (χ3v) is 3.93. The van der Waals surface area contributed by atoms with E-state index in [9.17, 15) is 0 Å². The van der Waals surface area contributed by atoms with Crippen molar-refractivity contribution in [3.63, 3.8) is 0 Å². The molecule has 0 fully saturated rings. The highest BCUT2D eigenvalue weighted by molar-refractivity contribution is 4.99. The molecule has 0 heteroatoms. The van der Waals surface area contributed by atoms with E-state index in [1.165, 1.54) is 83.5 Å². The molecule has 0 heterocycles. The Morgan fingerprint density at radius 3 is 1.18 bits per heavy atom. The van der Waals surface area contributed by atoms with Crippen LogP contribution < -0.4 is 0 Å². The highest BCUT2D eigenvalue weighted by atomic mass is 14.0. The Balaban J connectivity index is 0.000000604. The summed E-state index contributed by atoms with van der Waals surface area (Å²) < 4.78 is 0. The molecular formula is C22H38. The van der Waals surface area contributed by atoms with Crippen molar-refractivity contribution in [2.24, 2.45) is 0 Å². The number of unbranched alkanes of at least 4 members (excludes halogenated alkanes) is 12. The summed E-state index contributed by atoms with van der Waals surface area (Å²) in [6, 6.07) is 12.0. The Hall–Kier alpha value is -1.04. The molecule has 1 aromatic rings. The zero-order valence-corrected chi connectivity index (χ0v) is 14.9. The maximum atomic E-state index is 3.75. The molecule has 0 N–H and O–H groups in total. The molecule has 0 nitrogen and oxygen atoms in total. The molecule has 0 saturated heterocycles. The van der Waals surface area contributed by atoms with Gasteiger partial charge in [-0.25, -0.2) is 0 Å². The fourth-order valence-corrected chi connectivity index (χ4v) is 2.51. The average Bonchev–Trinajstić information content (AvgIpc) is 2.58. The minimum absolute atomic E-state index is 1.21. The lowest BCUT2D eigenvalue weighted by Crippen LogP contribution is -1.82. The lowest BCUT2D eigenvalue weighted by Gasteiger charge is -2.02. The molecule has 0 aromatic heterocycles. The molecular weight excluding hydrogens is 264 g/mol. The molecule has 0 saturated carbocycles. The van der Waals surface area contributed by atoms with Crippen LogP contribution in [0.2, 0.25) is 0 Å². The van der Waals surface area contributed by atoms with Crippen LogP contribution in [0.4, 0.5) is 0 Å². The van der Waals surface area contributed by atoms with E-state index in [0.29, 0.717) is 0 Å².